The Labute approximate surface area is 211 Å². The lowest BCUT2D eigenvalue weighted by Crippen LogP contribution is -2.41. The van der Waals surface area contributed by atoms with Crippen LogP contribution in [0.4, 0.5) is 8.78 Å². The molecule has 0 unspecified atom stereocenters. The Kier molecular flexibility index (Phi) is 8.86. The van der Waals surface area contributed by atoms with Gasteiger partial charge in [-0.15, -0.1) is 0 Å². The van der Waals surface area contributed by atoms with Crippen LogP contribution >= 0.6 is 0 Å². The number of likely N-dealkylation sites (tertiary alicyclic amines) is 1. The number of carboxylic acid groups (broad SMARTS) is 1. The van der Waals surface area contributed by atoms with Crippen LogP contribution in [0, 0.1) is 23.5 Å². The number of carbonyl (C=O) groups is 1. The SMILES string of the molecule is COc1ccc2nccc(CCC[C@@H]3CCN(CCCc4cccc(F)c4F)C[C@@H]3CC(=O)O)c2c1. The molecule has 0 saturated carbocycles. The number of hydrogen-bond acceptors (Lipinski definition) is 4. The molecule has 1 aromatic heterocycles. The molecule has 2 atom stereocenters. The molecule has 0 amide bonds. The lowest BCUT2D eigenvalue weighted by molar-refractivity contribution is -0.139. The molecule has 7 heteroatoms. The number of aromatic nitrogens is 1. The lowest BCUT2D eigenvalue weighted by atomic mass is 9.79. The van der Waals surface area contributed by atoms with Crippen LogP contribution < -0.4 is 4.74 Å². The normalized spacial score (nSPS) is 18.4. The van der Waals surface area contributed by atoms with Crippen LogP contribution in [-0.4, -0.2) is 47.7 Å². The first-order valence-electron chi connectivity index (χ1n) is 12.7. The Hall–Kier alpha value is -3.06. The van der Waals surface area contributed by atoms with Gasteiger partial charge in [-0.05, 0) is 105 Å². The number of ether oxygens (including phenoxy) is 1. The molecule has 1 N–H and O–H groups in total. The van der Waals surface area contributed by atoms with Crippen LogP contribution in [0.1, 0.15) is 43.2 Å². The van der Waals surface area contributed by atoms with Gasteiger partial charge in [-0.1, -0.05) is 12.1 Å². The number of nitrogens with zero attached hydrogens (tertiary/aromatic N) is 2. The number of methoxy groups -OCH3 is 1. The highest BCUT2D eigenvalue weighted by Crippen LogP contribution is 2.32. The predicted molar refractivity (Wildman–Crippen MR) is 136 cm³/mol. The number of hydrogen-bond donors (Lipinski definition) is 1. The molecule has 0 radical (unpaired) electrons. The van der Waals surface area contributed by atoms with E-state index in [1.54, 1.807) is 13.2 Å². The summed E-state index contributed by atoms with van der Waals surface area (Å²) in [6, 6.07) is 12.3. The van der Waals surface area contributed by atoms with E-state index in [1.807, 2.05) is 24.4 Å². The summed E-state index contributed by atoms with van der Waals surface area (Å²) in [5.41, 5.74) is 2.58. The van der Waals surface area contributed by atoms with Crippen molar-refractivity contribution in [3.63, 3.8) is 0 Å². The van der Waals surface area contributed by atoms with Gasteiger partial charge in [0.1, 0.15) is 5.75 Å². The van der Waals surface area contributed by atoms with E-state index in [1.165, 1.54) is 11.6 Å². The maximum Gasteiger partial charge on any atom is 0.303 e. The number of pyridine rings is 1. The minimum atomic E-state index is -0.811. The van der Waals surface area contributed by atoms with Crippen molar-refractivity contribution in [3.05, 3.63) is 71.4 Å². The fourth-order valence-corrected chi connectivity index (χ4v) is 5.51. The molecule has 36 heavy (non-hydrogen) atoms. The smallest absolute Gasteiger partial charge is 0.303 e. The quantitative estimate of drug-likeness (QED) is 0.359. The summed E-state index contributed by atoms with van der Waals surface area (Å²) in [6.45, 7) is 2.39. The number of rotatable bonds is 11. The number of halogens is 2. The van der Waals surface area contributed by atoms with Gasteiger partial charge in [0, 0.05) is 24.5 Å². The molecule has 192 valence electrons. The molecule has 1 saturated heterocycles. The van der Waals surface area contributed by atoms with Crippen molar-refractivity contribution in [2.75, 3.05) is 26.7 Å². The second-order valence-corrected chi connectivity index (χ2v) is 9.77. The van der Waals surface area contributed by atoms with E-state index in [2.05, 4.69) is 16.0 Å². The Morgan fingerprint density at radius 3 is 2.75 bits per heavy atom. The molecule has 0 aliphatic carbocycles. The highest BCUT2D eigenvalue weighted by molar-refractivity contribution is 5.83. The summed E-state index contributed by atoms with van der Waals surface area (Å²) in [4.78, 5) is 18.3. The van der Waals surface area contributed by atoms with Gasteiger partial charge in [0.05, 0.1) is 12.6 Å². The molecule has 4 rings (SSSR count). The van der Waals surface area contributed by atoms with Crippen molar-refractivity contribution in [2.45, 2.75) is 44.9 Å². The zero-order valence-electron chi connectivity index (χ0n) is 20.8. The average molecular weight is 497 g/mol. The van der Waals surface area contributed by atoms with Gasteiger partial charge in [0.15, 0.2) is 11.6 Å². The third-order valence-corrected chi connectivity index (χ3v) is 7.42. The first kappa shape index (κ1) is 26.0. The molecule has 1 fully saturated rings. The molecule has 2 aromatic carbocycles. The van der Waals surface area contributed by atoms with Gasteiger partial charge in [0.2, 0.25) is 0 Å². The van der Waals surface area contributed by atoms with E-state index in [9.17, 15) is 18.7 Å². The van der Waals surface area contributed by atoms with E-state index in [0.29, 0.717) is 24.3 Å². The van der Waals surface area contributed by atoms with Gasteiger partial charge < -0.3 is 14.7 Å². The van der Waals surface area contributed by atoms with Crippen LogP contribution in [0.25, 0.3) is 10.9 Å². The van der Waals surface area contributed by atoms with Crippen LogP contribution in [-0.2, 0) is 17.6 Å². The fraction of sp³-hybridized carbons (Fsp3) is 0.448. The second-order valence-electron chi connectivity index (χ2n) is 9.77. The van der Waals surface area contributed by atoms with E-state index >= 15 is 0 Å². The van der Waals surface area contributed by atoms with Crippen LogP contribution in [0.2, 0.25) is 0 Å². The summed E-state index contributed by atoms with van der Waals surface area (Å²) in [7, 11) is 1.66. The van der Waals surface area contributed by atoms with Crippen molar-refractivity contribution in [1.82, 2.24) is 9.88 Å². The van der Waals surface area contributed by atoms with Gasteiger partial charge in [-0.25, -0.2) is 8.78 Å². The lowest BCUT2D eigenvalue weighted by Gasteiger charge is -2.38. The topological polar surface area (TPSA) is 62.7 Å². The summed E-state index contributed by atoms with van der Waals surface area (Å²) in [5, 5.41) is 10.6. The minimum absolute atomic E-state index is 0.0939. The van der Waals surface area contributed by atoms with Gasteiger partial charge >= 0.3 is 5.97 Å². The number of piperidine rings is 1. The van der Waals surface area contributed by atoms with Gasteiger partial charge in [0.25, 0.3) is 0 Å². The monoisotopic (exact) mass is 496 g/mol. The highest BCUT2D eigenvalue weighted by atomic mass is 19.2. The average Bonchev–Trinajstić information content (AvgIpc) is 2.87. The first-order chi connectivity index (χ1) is 17.4. The summed E-state index contributed by atoms with van der Waals surface area (Å²) in [6.07, 6.45) is 7.01. The van der Waals surface area contributed by atoms with Crippen LogP contribution in [0.5, 0.6) is 5.75 Å². The summed E-state index contributed by atoms with van der Waals surface area (Å²) < 4.78 is 32.8. The third kappa shape index (κ3) is 6.58. The van der Waals surface area contributed by atoms with Crippen molar-refractivity contribution < 1.29 is 23.4 Å². The van der Waals surface area contributed by atoms with Crippen molar-refractivity contribution in [1.29, 1.82) is 0 Å². The number of carboxylic acids is 1. The largest absolute Gasteiger partial charge is 0.497 e. The van der Waals surface area contributed by atoms with E-state index < -0.39 is 17.6 Å². The Morgan fingerprint density at radius 1 is 1.11 bits per heavy atom. The van der Waals surface area contributed by atoms with Crippen molar-refractivity contribution in [3.8, 4) is 5.75 Å². The number of fused-ring (bicyclic) bond motifs is 1. The number of aryl methyl sites for hydroxylation is 2. The number of aliphatic carboxylic acids is 1. The molecule has 0 spiro atoms. The third-order valence-electron chi connectivity index (χ3n) is 7.42. The van der Waals surface area contributed by atoms with Crippen molar-refractivity contribution >= 4 is 16.9 Å². The van der Waals surface area contributed by atoms with Gasteiger partial charge in [-0.3, -0.25) is 9.78 Å². The molecule has 1 aliphatic rings. The highest BCUT2D eigenvalue weighted by Gasteiger charge is 2.30. The van der Waals surface area contributed by atoms with Crippen LogP contribution in [0.15, 0.2) is 48.7 Å². The van der Waals surface area contributed by atoms with Gasteiger partial charge in [-0.2, -0.15) is 0 Å². The zero-order chi connectivity index (χ0) is 25.5. The van der Waals surface area contributed by atoms with E-state index in [-0.39, 0.29) is 12.3 Å². The van der Waals surface area contributed by atoms with E-state index in [0.717, 1.165) is 68.0 Å². The Balaban J connectivity index is 1.31. The Morgan fingerprint density at radius 2 is 1.94 bits per heavy atom. The zero-order valence-corrected chi connectivity index (χ0v) is 20.8. The maximum absolute atomic E-state index is 13.9. The molecule has 0 bridgehead atoms. The Bertz CT molecular complexity index is 1190. The predicted octanol–water partition coefficient (Wildman–Crippen LogP) is 5.89. The maximum atomic E-state index is 13.9. The van der Waals surface area contributed by atoms with Crippen LogP contribution in [0.3, 0.4) is 0 Å². The molecule has 2 heterocycles. The molecule has 5 nitrogen and oxygen atoms in total. The first-order valence-corrected chi connectivity index (χ1v) is 12.7. The molecule has 3 aromatic rings. The fourth-order valence-electron chi connectivity index (χ4n) is 5.51. The summed E-state index contributed by atoms with van der Waals surface area (Å²) >= 11 is 0. The molecular formula is C29H34F2N2O3. The van der Waals surface area contributed by atoms with E-state index in [4.69, 9.17) is 4.74 Å². The minimum Gasteiger partial charge on any atom is -0.497 e. The molecular weight excluding hydrogens is 462 g/mol. The standard InChI is InChI=1S/C29H34F2N2O3/c1-36-24-10-11-27-25(18-24)21(12-14-32-27)6-2-5-20-13-16-33(19-23(20)17-28(34)35)15-4-8-22-7-3-9-26(30)29(22)31/h3,7,9-12,14,18,20,23H,2,4-6,8,13,15-17,19H2,1H3,(H,34,35)/t20-,23+/m1/s1. The summed E-state index contributed by atoms with van der Waals surface area (Å²) in [5.74, 6) is -1.07. The number of benzene rings is 2. The second kappa shape index (κ2) is 12.3. The molecule has 1 aliphatic heterocycles. The van der Waals surface area contributed by atoms with Crippen molar-refractivity contribution in [2.24, 2.45) is 11.8 Å².